The zero-order chi connectivity index (χ0) is 17.1. The molecule has 3 amide bonds. The van der Waals surface area contributed by atoms with Crippen molar-refractivity contribution in [3.05, 3.63) is 45.4 Å². The number of amides is 3. The quantitative estimate of drug-likeness (QED) is 0.767. The van der Waals surface area contributed by atoms with E-state index in [-0.39, 0.29) is 12.3 Å². The van der Waals surface area contributed by atoms with Gasteiger partial charge in [-0.15, -0.1) is 11.3 Å². The van der Waals surface area contributed by atoms with Gasteiger partial charge in [0.25, 0.3) is 5.24 Å². The molecule has 1 aromatic carbocycles. The predicted molar refractivity (Wildman–Crippen MR) is 97.2 cm³/mol. The van der Waals surface area contributed by atoms with Crippen molar-refractivity contribution in [3.8, 4) is 0 Å². The summed E-state index contributed by atoms with van der Waals surface area (Å²) >= 11 is 5.63. The van der Waals surface area contributed by atoms with E-state index in [1.165, 1.54) is 11.3 Å². The van der Waals surface area contributed by atoms with Crippen LogP contribution in [0.2, 0.25) is 0 Å². The molecule has 2 aromatic rings. The summed E-state index contributed by atoms with van der Waals surface area (Å²) in [6.45, 7) is 0. The summed E-state index contributed by atoms with van der Waals surface area (Å²) in [4.78, 5) is 39.7. The number of aromatic nitrogens is 1. The van der Waals surface area contributed by atoms with Crippen LogP contribution in [0.15, 0.2) is 34.9 Å². The lowest BCUT2D eigenvalue weighted by atomic mass is 10.1. The van der Waals surface area contributed by atoms with Crippen LogP contribution < -0.4 is 10.6 Å². The molecule has 1 aliphatic heterocycles. The van der Waals surface area contributed by atoms with Gasteiger partial charge >= 0.3 is 0 Å². The molecule has 1 unspecified atom stereocenters. The predicted octanol–water partition coefficient (Wildman–Crippen LogP) is 3.18. The largest absolute Gasteiger partial charge is 0.302 e. The first-order valence-corrected chi connectivity index (χ1v) is 9.49. The molecule has 1 saturated heterocycles. The van der Waals surface area contributed by atoms with Gasteiger partial charge in [0, 0.05) is 28.4 Å². The fourth-order valence-corrected chi connectivity index (χ4v) is 4.06. The third-order valence-electron chi connectivity index (χ3n) is 3.23. The molecule has 6 nitrogen and oxygen atoms in total. The summed E-state index contributed by atoms with van der Waals surface area (Å²) in [6.07, 6.45) is 2.41. The molecule has 9 heteroatoms. The van der Waals surface area contributed by atoms with E-state index < -0.39 is 16.4 Å². The van der Waals surface area contributed by atoms with Crippen molar-refractivity contribution in [2.45, 2.75) is 18.1 Å². The first-order chi connectivity index (χ1) is 11.5. The number of nitrogens with zero attached hydrogens (tertiary/aromatic N) is 1. The number of thioether (sulfide) groups is 1. The monoisotopic (exact) mass is 425 g/mol. The number of imide groups is 1. The second kappa shape index (κ2) is 7.45. The lowest BCUT2D eigenvalue weighted by Crippen LogP contribution is -2.27. The van der Waals surface area contributed by atoms with Crippen LogP contribution in [0.4, 0.5) is 9.93 Å². The van der Waals surface area contributed by atoms with Crippen molar-refractivity contribution in [2.24, 2.45) is 0 Å². The minimum Gasteiger partial charge on any atom is -0.302 e. The topological polar surface area (TPSA) is 88.2 Å². The molecule has 3 rings (SSSR count). The van der Waals surface area contributed by atoms with Crippen LogP contribution in [0.25, 0.3) is 0 Å². The number of nitrogens with one attached hydrogen (secondary N) is 2. The van der Waals surface area contributed by atoms with Gasteiger partial charge in [-0.3, -0.25) is 19.7 Å². The number of hydrogen-bond acceptors (Lipinski definition) is 6. The minimum absolute atomic E-state index is 0.0517. The van der Waals surface area contributed by atoms with E-state index in [0.29, 0.717) is 5.13 Å². The first kappa shape index (κ1) is 17.1. The molecule has 0 radical (unpaired) electrons. The SMILES string of the molecule is O=C(CC1SC(=O)NC1=O)Nc1ncc(Cc2ccc(Br)cc2)s1. The minimum atomic E-state index is -0.667. The molecule has 1 fully saturated rings. The smallest absolute Gasteiger partial charge is 0.286 e. The Morgan fingerprint density at radius 2 is 2.04 bits per heavy atom. The van der Waals surface area contributed by atoms with Crippen LogP contribution in [-0.4, -0.2) is 27.3 Å². The molecule has 0 bridgehead atoms. The molecule has 0 spiro atoms. The van der Waals surface area contributed by atoms with E-state index in [4.69, 9.17) is 0 Å². The van der Waals surface area contributed by atoms with Gasteiger partial charge in [0.15, 0.2) is 5.13 Å². The van der Waals surface area contributed by atoms with Crippen LogP contribution in [0.1, 0.15) is 16.9 Å². The lowest BCUT2D eigenvalue weighted by molar-refractivity contribution is -0.122. The number of rotatable bonds is 5. The highest BCUT2D eigenvalue weighted by Crippen LogP contribution is 2.25. The Bertz CT molecular complexity index is 792. The normalized spacial score (nSPS) is 17.0. The Morgan fingerprint density at radius 1 is 1.29 bits per heavy atom. The Morgan fingerprint density at radius 3 is 2.71 bits per heavy atom. The van der Waals surface area contributed by atoms with E-state index in [1.54, 1.807) is 6.20 Å². The first-order valence-electron chi connectivity index (χ1n) is 7.00. The molecule has 2 heterocycles. The average molecular weight is 426 g/mol. The molecule has 0 aliphatic carbocycles. The Labute approximate surface area is 154 Å². The standard InChI is InChI=1S/C15H12BrN3O3S2/c16-9-3-1-8(2-4-9)5-10-7-17-14(23-10)18-12(20)6-11-13(21)19-15(22)24-11/h1-4,7,11H,5-6H2,(H,17,18,20)(H,19,21,22). The molecule has 124 valence electrons. The van der Waals surface area contributed by atoms with Crippen LogP contribution in [0.5, 0.6) is 0 Å². The van der Waals surface area contributed by atoms with Crippen molar-refractivity contribution in [2.75, 3.05) is 5.32 Å². The molecule has 2 N–H and O–H groups in total. The zero-order valence-electron chi connectivity index (χ0n) is 12.2. The van der Waals surface area contributed by atoms with Crippen molar-refractivity contribution in [1.82, 2.24) is 10.3 Å². The van der Waals surface area contributed by atoms with Crippen molar-refractivity contribution in [1.29, 1.82) is 0 Å². The van der Waals surface area contributed by atoms with Gasteiger partial charge in [0.05, 0.1) is 0 Å². The maximum absolute atomic E-state index is 12.0. The van der Waals surface area contributed by atoms with Gasteiger partial charge in [-0.25, -0.2) is 4.98 Å². The summed E-state index contributed by atoms with van der Waals surface area (Å²) in [5.74, 6) is -0.753. The Kier molecular flexibility index (Phi) is 5.32. The van der Waals surface area contributed by atoms with Crippen LogP contribution >= 0.6 is 39.0 Å². The zero-order valence-corrected chi connectivity index (χ0v) is 15.5. The number of carbonyl (C=O) groups excluding carboxylic acids is 3. The Balaban J connectivity index is 1.55. The van der Waals surface area contributed by atoms with Gasteiger partial charge in [-0.1, -0.05) is 39.8 Å². The van der Waals surface area contributed by atoms with Crippen molar-refractivity contribution >= 4 is 61.2 Å². The van der Waals surface area contributed by atoms with E-state index in [9.17, 15) is 14.4 Å². The second-order valence-corrected chi connectivity index (χ2v) is 8.28. The van der Waals surface area contributed by atoms with Gasteiger partial charge < -0.3 is 5.32 Å². The van der Waals surface area contributed by atoms with Crippen molar-refractivity contribution in [3.63, 3.8) is 0 Å². The summed E-state index contributed by atoms with van der Waals surface area (Å²) in [5, 5.41) is 4.24. The maximum Gasteiger partial charge on any atom is 0.286 e. The number of thiazole rings is 1. The Hall–Kier alpha value is -1.71. The van der Waals surface area contributed by atoms with Gasteiger partial charge in [0.2, 0.25) is 11.8 Å². The molecule has 1 aliphatic rings. The third-order valence-corrected chi connectivity index (χ3v) is 5.65. The molecule has 1 aromatic heterocycles. The number of carbonyl (C=O) groups is 3. The van der Waals surface area contributed by atoms with Crippen LogP contribution in [0.3, 0.4) is 0 Å². The number of anilines is 1. The van der Waals surface area contributed by atoms with Gasteiger partial charge in [-0.05, 0) is 17.7 Å². The summed E-state index contributed by atoms with van der Waals surface area (Å²) < 4.78 is 1.02. The fourth-order valence-electron chi connectivity index (χ4n) is 2.12. The lowest BCUT2D eigenvalue weighted by Gasteiger charge is -2.04. The molecular formula is C15H12BrN3O3S2. The highest BCUT2D eigenvalue weighted by Gasteiger charge is 2.33. The highest BCUT2D eigenvalue weighted by atomic mass is 79.9. The average Bonchev–Trinajstić information content (AvgIpc) is 3.08. The van der Waals surface area contributed by atoms with E-state index in [0.717, 1.165) is 33.1 Å². The number of hydrogen-bond donors (Lipinski definition) is 2. The second-order valence-electron chi connectivity index (χ2n) is 5.07. The van der Waals surface area contributed by atoms with E-state index in [2.05, 4.69) is 31.5 Å². The highest BCUT2D eigenvalue weighted by molar-refractivity contribution is 9.10. The molecule has 24 heavy (non-hydrogen) atoms. The van der Waals surface area contributed by atoms with Crippen molar-refractivity contribution < 1.29 is 14.4 Å². The summed E-state index contributed by atoms with van der Waals surface area (Å²) in [5.41, 5.74) is 1.15. The summed E-state index contributed by atoms with van der Waals surface area (Å²) in [6, 6.07) is 8.00. The molecular weight excluding hydrogens is 414 g/mol. The number of benzene rings is 1. The van der Waals surface area contributed by atoms with Crippen LogP contribution in [-0.2, 0) is 16.0 Å². The molecule has 0 saturated carbocycles. The summed E-state index contributed by atoms with van der Waals surface area (Å²) in [7, 11) is 0. The van der Waals surface area contributed by atoms with Gasteiger partial charge in [0.1, 0.15) is 5.25 Å². The molecule has 1 atom stereocenters. The van der Waals surface area contributed by atoms with Gasteiger partial charge in [-0.2, -0.15) is 0 Å². The van der Waals surface area contributed by atoms with E-state index >= 15 is 0 Å². The third kappa shape index (κ3) is 4.43. The maximum atomic E-state index is 12.0. The van der Waals surface area contributed by atoms with Crippen LogP contribution in [0, 0.1) is 0 Å². The fraction of sp³-hybridized carbons (Fsp3) is 0.200. The van der Waals surface area contributed by atoms with E-state index in [1.807, 2.05) is 24.3 Å². The number of halogens is 1.